The number of hydrogen-bond donors (Lipinski definition) is 0. The van der Waals surface area contributed by atoms with Crippen LogP contribution in [0.5, 0.6) is 0 Å². The van der Waals surface area contributed by atoms with E-state index in [1.807, 2.05) is 0 Å². The third kappa shape index (κ3) is 3.64. The van der Waals surface area contributed by atoms with Crippen LogP contribution in [0.4, 0.5) is 5.69 Å². The Morgan fingerprint density at radius 1 is 1.03 bits per heavy atom. The van der Waals surface area contributed by atoms with Crippen LogP contribution in [-0.4, -0.2) is 62.5 Å². The van der Waals surface area contributed by atoms with E-state index < -0.39 is 10.0 Å². The molecule has 4 rings (SSSR count). The van der Waals surface area contributed by atoms with Gasteiger partial charge < -0.3 is 4.90 Å². The molecule has 31 heavy (non-hydrogen) atoms. The maximum absolute atomic E-state index is 12.8. The molecule has 8 nitrogen and oxygen atoms in total. The van der Waals surface area contributed by atoms with Crippen LogP contribution in [0, 0.1) is 0 Å². The first kappa shape index (κ1) is 21.2. The minimum Gasteiger partial charge on any atom is -0.312 e. The quantitative estimate of drug-likeness (QED) is 0.638. The van der Waals surface area contributed by atoms with Crippen molar-refractivity contribution in [2.75, 3.05) is 32.1 Å². The average molecular weight is 442 g/mol. The number of carbonyl (C=O) groups excluding carboxylic acids is 3. The second-order valence-electron chi connectivity index (χ2n) is 7.78. The van der Waals surface area contributed by atoms with E-state index in [2.05, 4.69) is 0 Å². The molecule has 2 heterocycles. The lowest BCUT2D eigenvalue weighted by molar-refractivity contribution is -0.118. The molecule has 0 radical (unpaired) electrons. The van der Waals surface area contributed by atoms with Gasteiger partial charge in [-0.2, -0.15) is 0 Å². The molecule has 0 N–H and O–H groups in total. The molecular formula is C22H23N3O5S. The van der Waals surface area contributed by atoms with Crippen molar-refractivity contribution in [2.45, 2.75) is 24.2 Å². The molecule has 0 aliphatic carbocycles. The van der Waals surface area contributed by atoms with Gasteiger partial charge in [-0.05, 0) is 48.7 Å². The Morgan fingerprint density at radius 3 is 2.29 bits per heavy atom. The largest absolute Gasteiger partial charge is 0.312 e. The van der Waals surface area contributed by atoms with E-state index in [1.54, 1.807) is 41.3 Å². The van der Waals surface area contributed by atoms with Gasteiger partial charge in [-0.25, -0.2) is 12.7 Å². The molecule has 0 spiro atoms. The van der Waals surface area contributed by atoms with Crippen molar-refractivity contribution in [1.29, 1.82) is 0 Å². The van der Waals surface area contributed by atoms with E-state index >= 15 is 0 Å². The van der Waals surface area contributed by atoms with E-state index in [4.69, 9.17) is 0 Å². The van der Waals surface area contributed by atoms with E-state index in [0.29, 0.717) is 36.2 Å². The molecule has 2 aliphatic rings. The van der Waals surface area contributed by atoms with Gasteiger partial charge in [0.1, 0.15) is 0 Å². The summed E-state index contributed by atoms with van der Waals surface area (Å²) in [5.41, 5.74) is 2.33. The fourth-order valence-electron chi connectivity index (χ4n) is 3.97. The number of benzene rings is 2. The summed E-state index contributed by atoms with van der Waals surface area (Å²) < 4.78 is 25.8. The molecule has 0 atom stereocenters. The molecule has 0 bridgehead atoms. The number of carbonyl (C=O) groups is 3. The molecule has 2 aromatic rings. The molecule has 0 fully saturated rings. The van der Waals surface area contributed by atoms with Gasteiger partial charge in [-0.3, -0.25) is 19.3 Å². The van der Waals surface area contributed by atoms with Crippen LogP contribution in [0.15, 0.2) is 47.4 Å². The minimum atomic E-state index is -3.53. The van der Waals surface area contributed by atoms with Crippen LogP contribution in [-0.2, 0) is 21.2 Å². The van der Waals surface area contributed by atoms with Gasteiger partial charge in [0.2, 0.25) is 15.9 Å². The zero-order chi connectivity index (χ0) is 22.3. The summed E-state index contributed by atoms with van der Waals surface area (Å²) in [7, 11) is -0.575. The number of hydrogen-bond acceptors (Lipinski definition) is 5. The molecule has 2 aliphatic heterocycles. The zero-order valence-electron chi connectivity index (χ0n) is 17.4. The molecule has 0 saturated carbocycles. The van der Waals surface area contributed by atoms with Gasteiger partial charge in [0, 0.05) is 39.3 Å². The number of rotatable bonds is 6. The van der Waals surface area contributed by atoms with Crippen LogP contribution in [0.25, 0.3) is 0 Å². The standard InChI is InChI=1S/C22H23N3O5S/c1-23(2)31(29,30)16-9-10-19-15(14-16)11-13-24(19)20(26)8-5-12-25-21(27)17-6-3-4-7-18(17)22(25)28/h3-4,6-7,9-10,14H,5,8,11-13H2,1-2H3. The summed E-state index contributed by atoms with van der Waals surface area (Å²) in [6.07, 6.45) is 1.13. The fraction of sp³-hybridized carbons (Fsp3) is 0.318. The Kier molecular flexibility index (Phi) is 5.40. The summed E-state index contributed by atoms with van der Waals surface area (Å²) in [4.78, 5) is 40.6. The summed E-state index contributed by atoms with van der Waals surface area (Å²) in [5, 5.41) is 0. The van der Waals surface area contributed by atoms with Gasteiger partial charge >= 0.3 is 0 Å². The lowest BCUT2D eigenvalue weighted by Crippen LogP contribution is -2.33. The van der Waals surface area contributed by atoms with E-state index in [-0.39, 0.29) is 35.6 Å². The van der Waals surface area contributed by atoms with E-state index in [1.165, 1.54) is 25.1 Å². The van der Waals surface area contributed by atoms with E-state index in [0.717, 1.165) is 9.87 Å². The van der Waals surface area contributed by atoms with Gasteiger partial charge in [0.05, 0.1) is 16.0 Å². The average Bonchev–Trinajstić information content (AvgIpc) is 3.28. The molecular weight excluding hydrogens is 418 g/mol. The second kappa shape index (κ2) is 7.90. The normalized spacial score (nSPS) is 15.6. The van der Waals surface area contributed by atoms with Crippen molar-refractivity contribution in [3.8, 4) is 0 Å². The predicted octanol–water partition coefficient (Wildman–Crippen LogP) is 1.90. The third-order valence-corrected chi connectivity index (χ3v) is 7.49. The number of imide groups is 1. The highest BCUT2D eigenvalue weighted by atomic mass is 32.2. The van der Waals surface area contributed by atoms with Crippen LogP contribution >= 0.6 is 0 Å². The Bertz CT molecular complexity index is 1150. The summed E-state index contributed by atoms with van der Waals surface area (Å²) in [6.45, 7) is 0.658. The summed E-state index contributed by atoms with van der Waals surface area (Å²) >= 11 is 0. The summed E-state index contributed by atoms with van der Waals surface area (Å²) in [6, 6.07) is 11.5. The Labute approximate surface area is 181 Å². The Morgan fingerprint density at radius 2 is 1.68 bits per heavy atom. The monoisotopic (exact) mass is 441 g/mol. The van der Waals surface area contributed by atoms with Crippen LogP contribution < -0.4 is 4.90 Å². The number of amides is 3. The van der Waals surface area contributed by atoms with Gasteiger partial charge in [-0.15, -0.1) is 0 Å². The van der Waals surface area contributed by atoms with Gasteiger partial charge in [0.15, 0.2) is 0 Å². The van der Waals surface area contributed by atoms with Crippen LogP contribution in [0.2, 0.25) is 0 Å². The first-order valence-electron chi connectivity index (χ1n) is 10.0. The molecule has 3 amide bonds. The molecule has 9 heteroatoms. The first-order valence-corrected chi connectivity index (χ1v) is 11.5. The van der Waals surface area contributed by atoms with Crippen molar-refractivity contribution in [2.24, 2.45) is 0 Å². The fourth-order valence-corrected chi connectivity index (χ4v) is 4.93. The number of fused-ring (bicyclic) bond motifs is 2. The topological polar surface area (TPSA) is 95.1 Å². The smallest absolute Gasteiger partial charge is 0.261 e. The highest BCUT2D eigenvalue weighted by Gasteiger charge is 2.35. The van der Waals surface area contributed by atoms with Crippen molar-refractivity contribution >= 4 is 33.4 Å². The maximum atomic E-state index is 12.8. The lowest BCUT2D eigenvalue weighted by atomic mass is 10.1. The molecule has 0 aromatic heterocycles. The highest BCUT2D eigenvalue weighted by Crippen LogP contribution is 2.31. The number of anilines is 1. The number of nitrogens with zero attached hydrogens (tertiary/aromatic N) is 3. The molecule has 0 unspecified atom stereocenters. The lowest BCUT2D eigenvalue weighted by Gasteiger charge is -2.19. The van der Waals surface area contributed by atoms with E-state index in [9.17, 15) is 22.8 Å². The van der Waals surface area contributed by atoms with Crippen molar-refractivity contribution < 1.29 is 22.8 Å². The van der Waals surface area contributed by atoms with Gasteiger partial charge in [0.25, 0.3) is 11.8 Å². The van der Waals surface area contributed by atoms with Crippen LogP contribution in [0.1, 0.15) is 39.1 Å². The maximum Gasteiger partial charge on any atom is 0.261 e. The van der Waals surface area contributed by atoms with Crippen molar-refractivity contribution in [1.82, 2.24) is 9.21 Å². The molecule has 162 valence electrons. The van der Waals surface area contributed by atoms with Crippen LogP contribution in [0.3, 0.4) is 0 Å². The Hall–Kier alpha value is -3.04. The van der Waals surface area contributed by atoms with Crippen molar-refractivity contribution in [3.63, 3.8) is 0 Å². The zero-order valence-corrected chi connectivity index (χ0v) is 18.2. The van der Waals surface area contributed by atoms with Gasteiger partial charge in [-0.1, -0.05) is 12.1 Å². The first-order chi connectivity index (χ1) is 14.7. The Balaban J connectivity index is 1.39. The predicted molar refractivity (Wildman–Crippen MR) is 114 cm³/mol. The van der Waals surface area contributed by atoms with Crippen molar-refractivity contribution in [3.05, 3.63) is 59.2 Å². The minimum absolute atomic E-state index is 0.112. The molecule has 0 saturated heterocycles. The highest BCUT2D eigenvalue weighted by molar-refractivity contribution is 7.89. The molecule has 2 aromatic carbocycles. The SMILES string of the molecule is CN(C)S(=O)(=O)c1ccc2c(c1)CCN2C(=O)CCCN1C(=O)c2ccccc2C1=O. The third-order valence-electron chi connectivity index (χ3n) is 5.68. The summed E-state index contributed by atoms with van der Waals surface area (Å²) in [5.74, 6) is -0.762. The number of sulfonamides is 1. The second-order valence-corrected chi connectivity index (χ2v) is 9.94.